The Morgan fingerprint density at radius 3 is 2.44 bits per heavy atom. The Morgan fingerprint density at radius 1 is 1.15 bits per heavy atom. The van der Waals surface area contributed by atoms with Gasteiger partial charge in [-0.1, -0.05) is 31.2 Å². The molecule has 7 heteroatoms. The number of fused-ring (bicyclic) bond motifs is 1. The summed E-state index contributed by atoms with van der Waals surface area (Å²) in [6.07, 6.45) is 2.79. The number of aliphatic carboxylic acids is 1. The van der Waals surface area contributed by atoms with Gasteiger partial charge in [-0.2, -0.15) is 0 Å². The normalized spacial score (nSPS) is 18.1. The number of nitrogens with zero attached hydrogens (tertiary/aromatic N) is 3. The fraction of sp³-hybridized carbons (Fsp3) is 0.600. The highest BCUT2D eigenvalue weighted by Gasteiger charge is 2.27. The van der Waals surface area contributed by atoms with E-state index in [2.05, 4.69) is 23.1 Å². The van der Waals surface area contributed by atoms with Crippen LogP contribution in [0.3, 0.4) is 0 Å². The van der Waals surface area contributed by atoms with E-state index in [4.69, 9.17) is 5.11 Å². The van der Waals surface area contributed by atoms with Gasteiger partial charge in [-0.15, -0.1) is 12.4 Å². The molecule has 0 spiro atoms. The van der Waals surface area contributed by atoms with Crippen LogP contribution in [0.15, 0.2) is 24.3 Å². The number of likely N-dealkylation sites (N-methyl/N-ethyl adjacent to an activating group) is 1. The third-order valence-corrected chi connectivity index (χ3v) is 5.66. The summed E-state index contributed by atoms with van der Waals surface area (Å²) >= 11 is 0. The third-order valence-electron chi connectivity index (χ3n) is 5.66. The molecule has 3 rings (SSSR count). The van der Waals surface area contributed by atoms with Gasteiger partial charge in [0.05, 0.1) is 13.1 Å². The number of carbonyl (C=O) groups excluding carboxylic acids is 1. The number of carboxylic acids is 1. The first-order valence-electron chi connectivity index (χ1n) is 9.59. The summed E-state index contributed by atoms with van der Waals surface area (Å²) in [7, 11) is 0. The minimum Gasteiger partial charge on any atom is -0.480 e. The molecule has 1 fully saturated rings. The molecule has 1 aromatic rings. The molecule has 2 aliphatic rings. The lowest BCUT2D eigenvalue weighted by Crippen LogP contribution is -2.49. The average molecular weight is 396 g/mol. The Kier molecular flexibility index (Phi) is 8.07. The molecule has 0 aliphatic carbocycles. The number of rotatable bonds is 6. The SMILES string of the molecule is CCN(CC(=O)O)C1CCN(CC(=O)N2CCc3ccccc3C2)CC1.Cl. The van der Waals surface area contributed by atoms with Crippen molar-refractivity contribution >= 4 is 24.3 Å². The second-order valence-corrected chi connectivity index (χ2v) is 7.30. The Labute approximate surface area is 167 Å². The maximum atomic E-state index is 12.7. The van der Waals surface area contributed by atoms with Crippen molar-refractivity contribution in [2.24, 2.45) is 0 Å². The Morgan fingerprint density at radius 2 is 1.81 bits per heavy atom. The van der Waals surface area contributed by atoms with Gasteiger partial charge in [-0.25, -0.2) is 0 Å². The second kappa shape index (κ2) is 10.1. The van der Waals surface area contributed by atoms with Gasteiger partial charge in [0.2, 0.25) is 5.91 Å². The maximum Gasteiger partial charge on any atom is 0.317 e. The lowest BCUT2D eigenvalue weighted by molar-refractivity contribution is -0.139. The third kappa shape index (κ3) is 5.67. The molecule has 1 saturated heterocycles. The van der Waals surface area contributed by atoms with Crippen molar-refractivity contribution in [3.63, 3.8) is 0 Å². The standard InChI is InChI=1S/C20H29N3O3.ClH/c1-2-22(15-20(25)26)18-8-10-21(11-9-18)14-19(24)23-12-7-16-5-3-4-6-17(16)13-23;/h3-6,18H,2,7-15H2,1H3,(H,25,26);1H. The van der Waals surface area contributed by atoms with Gasteiger partial charge in [0, 0.05) is 32.2 Å². The molecule has 150 valence electrons. The second-order valence-electron chi connectivity index (χ2n) is 7.30. The maximum absolute atomic E-state index is 12.7. The highest BCUT2D eigenvalue weighted by atomic mass is 35.5. The van der Waals surface area contributed by atoms with E-state index in [1.54, 1.807) is 0 Å². The van der Waals surface area contributed by atoms with Crippen LogP contribution in [0.2, 0.25) is 0 Å². The van der Waals surface area contributed by atoms with Gasteiger partial charge in [-0.3, -0.25) is 19.4 Å². The highest BCUT2D eigenvalue weighted by Crippen LogP contribution is 2.20. The highest BCUT2D eigenvalue weighted by molar-refractivity contribution is 5.85. The van der Waals surface area contributed by atoms with Crippen LogP contribution in [-0.2, 0) is 22.6 Å². The lowest BCUT2D eigenvalue weighted by Gasteiger charge is -2.38. The van der Waals surface area contributed by atoms with Crippen molar-refractivity contribution in [1.82, 2.24) is 14.7 Å². The molecule has 0 bridgehead atoms. The van der Waals surface area contributed by atoms with Gasteiger partial charge in [0.15, 0.2) is 0 Å². The number of benzene rings is 1. The molecule has 2 aliphatic heterocycles. The zero-order chi connectivity index (χ0) is 18.5. The molecule has 0 atom stereocenters. The van der Waals surface area contributed by atoms with E-state index in [1.165, 1.54) is 11.1 Å². The number of likely N-dealkylation sites (tertiary alicyclic amines) is 1. The van der Waals surface area contributed by atoms with Crippen LogP contribution in [0, 0.1) is 0 Å². The summed E-state index contributed by atoms with van der Waals surface area (Å²) in [5, 5.41) is 9.03. The summed E-state index contributed by atoms with van der Waals surface area (Å²) in [6.45, 7) is 6.57. The number of carboxylic acid groups (broad SMARTS) is 1. The van der Waals surface area contributed by atoms with Crippen LogP contribution in [-0.4, -0.2) is 77.0 Å². The van der Waals surface area contributed by atoms with Gasteiger partial charge < -0.3 is 10.0 Å². The van der Waals surface area contributed by atoms with E-state index in [9.17, 15) is 9.59 Å². The van der Waals surface area contributed by atoms with Gasteiger partial charge in [0.1, 0.15) is 0 Å². The summed E-state index contributed by atoms with van der Waals surface area (Å²) in [5.74, 6) is -0.564. The number of amides is 1. The quantitative estimate of drug-likeness (QED) is 0.796. The summed E-state index contributed by atoms with van der Waals surface area (Å²) in [4.78, 5) is 29.9. The first kappa shape index (κ1) is 21.7. The van der Waals surface area contributed by atoms with E-state index < -0.39 is 5.97 Å². The monoisotopic (exact) mass is 395 g/mol. The van der Waals surface area contributed by atoms with Crippen molar-refractivity contribution in [3.8, 4) is 0 Å². The van der Waals surface area contributed by atoms with Crippen molar-refractivity contribution in [1.29, 1.82) is 0 Å². The van der Waals surface area contributed by atoms with Crippen molar-refractivity contribution in [3.05, 3.63) is 35.4 Å². The van der Waals surface area contributed by atoms with E-state index in [0.717, 1.165) is 45.4 Å². The Bertz CT molecular complexity index is 647. The number of carbonyl (C=O) groups is 2. The predicted octanol–water partition coefficient (Wildman–Crippen LogP) is 1.86. The predicted molar refractivity (Wildman–Crippen MR) is 107 cm³/mol. The van der Waals surface area contributed by atoms with Gasteiger partial charge in [0.25, 0.3) is 0 Å². The first-order valence-corrected chi connectivity index (χ1v) is 9.59. The van der Waals surface area contributed by atoms with Crippen LogP contribution in [0.4, 0.5) is 0 Å². The molecule has 2 heterocycles. The summed E-state index contributed by atoms with van der Waals surface area (Å²) in [5.41, 5.74) is 2.62. The Hall–Kier alpha value is -1.63. The summed E-state index contributed by atoms with van der Waals surface area (Å²) in [6, 6.07) is 8.67. The van der Waals surface area contributed by atoms with Crippen LogP contribution in [0.1, 0.15) is 30.9 Å². The van der Waals surface area contributed by atoms with Crippen molar-refractivity contribution < 1.29 is 14.7 Å². The largest absolute Gasteiger partial charge is 0.480 e. The van der Waals surface area contributed by atoms with E-state index in [-0.39, 0.29) is 24.9 Å². The molecule has 0 unspecified atom stereocenters. The number of hydrogen-bond acceptors (Lipinski definition) is 4. The minimum absolute atomic E-state index is 0. The van der Waals surface area contributed by atoms with Gasteiger partial charge in [-0.05, 0) is 36.9 Å². The lowest BCUT2D eigenvalue weighted by atomic mass is 9.99. The molecular weight excluding hydrogens is 366 g/mol. The number of hydrogen-bond donors (Lipinski definition) is 1. The molecule has 0 saturated carbocycles. The molecule has 1 amide bonds. The van der Waals surface area contributed by atoms with E-state index in [1.807, 2.05) is 22.8 Å². The minimum atomic E-state index is -0.769. The smallest absolute Gasteiger partial charge is 0.317 e. The van der Waals surface area contributed by atoms with Crippen LogP contribution in [0.5, 0.6) is 0 Å². The topological polar surface area (TPSA) is 64.1 Å². The molecule has 0 radical (unpaired) electrons. The summed E-state index contributed by atoms with van der Waals surface area (Å²) < 4.78 is 0. The Balaban J connectivity index is 0.00000261. The molecule has 1 N–H and O–H groups in total. The molecule has 0 aromatic heterocycles. The zero-order valence-corrected chi connectivity index (χ0v) is 16.8. The molecular formula is C20H30ClN3O3. The number of halogens is 1. The fourth-order valence-corrected chi connectivity index (χ4v) is 4.12. The van der Waals surface area contributed by atoms with Crippen molar-refractivity contribution in [2.75, 3.05) is 39.3 Å². The van der Waals surface area contributed by atoms with Crippen LogP contribution in [0.25, 0.3) is 0 Å². The van der Waals surface area contributed by atoms with Crippen molar-refractivity contribution in [2.45, 2.75) is 38.8 Å². The fourth-order valence-electron chi connectivity index (χ4n) is 4.12. The van der Waals surface area contributed by atoms with Gasteiger partial charge >= 0.3 is 5.97 Å². The van der Waals surface area contributed by atoms with Crippen LogP contribution < -0.4 is 0 Å². The average Bonchev–Trinajstić information content (AvgIpc) is 2.66. The molecule has 27 heavy (non-hydrogen) atoms. The molecule has 6 nitrogen and oxygen atoms in total. The first-order chi connectivity index (χ1) is 12.6. The van der Waals surface area contributed by atoms with E-state index in [0.29, 0.717) is 19.1 Å². The van der Waals surface area contributed by atoms with E-state index >= 15 is 0 Å². The number of piperidine rings is 1. The zero-order valence-electron chi connectivity index (χ0n) is 16.0. The molecule has 1 aromatic carbocycles. The van der Waals surface area contributed by atoms with Crippen LogP contribution >= 0.6 is 12.4 Å².